The van der Waals surface area contributed by atoms with E-state index in [9.17, 15) is 13.2 Å². The number of benzene rings is 2. The van der Waals surface area contributed by atoms with Crippen molar-refractivity contribution >= 4 is 35.8 Å². The molecule has 1 unspecified atom stereocenters. The molecular weight excluding hydrogens is 414 g/mol. The van der Waals surface area contributed by atoms with Gasteiger partial charge in [0.2, 0.25) is 0 Å². The minimum atomic E-state index is -4.48. The van der Waals surface area contributed by atoms with Crippen LogP contribution in [0, 0.1) is 25.2 Å². The van der Waals surface area contributed by atoms with Gasteiger partial charge in [-0.25, -0.2) is 0 Å². The fourth-order valence-electron chi connectivity index (χ4n) is 2.41. The molecule has 0 saturated heterocycles. The highest BCUT2D eigenvalue weighted by molar-refractivity contribution is 6.42. The van der Waals surface area contributed by atoms with Crippen LogP contribution >= 0.6 is 23.2 Å². The molecule has 8 heteroatoms. The smallest absolute Gasteiger partial charge is 0.399 e. The number of nitriles is 1. The summed E-state index contributed by atoms with van der Waals surface area (Å²) < 4.78 is 40.5. The van der Waals surface area contributed by atoms with Gasteiger partial charge in [0.25, 0.3) is 6.47 Å². The molecule has 0 amide bonds. The molecule has 0 heterocycles. The Bertz CT molecular complexity index is 896. The number of halogens is 5. The van der Waals surface area contributed by atoms with Gasteiger partial charge in [0.1, 0.15) is 0 Å². The normalized spacial score (nSPS) is 12.1. The lowest BCUT2D eigenvalue weighted by Crippen LogP contribution is -2.19. The zero-order valence-corrected chi connectivity index (χ0v) is 16.4. The zero-order chi connectivity index (χ0) is 21.5. The molecule has 2 rings (SSSR count). The monoisotopic (exact) mass is 429 g/mol. The summed E-state index contributed by atoms with van der Waals surface area (Å²) in [6, 6.07) is 9.55. The second kappa shape index (κ2) is 10.2. The molecule has 148 valence electrons. The van der Waals surface area contributed by atoms with E-state index in [1.165, 1.54) is 18.2 Å². The number of rotatable bonds is 3. The summed E-state index contributed by atoms with van der Waals surface area (Å²) in [7, 11) is 0. The van der Waals surface area contributed by atoms with Gasteiger partial charge in [-0.2, -0.15) is 18.4 Å². The third-order valence-electron chi connectivity index (χ3n) is 3.81. The van der Waals surface area contributed by atoms with Crippen LogP contribution in [-0.4, -0.2) is 17.8 Å². The van der Waals surface area contributed by atoms with Gasteiger partial charge in [0, 0.05) is 0 Å². The quantitative estimate of drug-likeness (QED) is 0.563. The van der Waals surface area contributed by atoms with Crippen LogP contribution in [0.1, 0.15) is 33.7 Å². The first kappa shape index (κ1) is 23.5. The average Bonchev–Trinajstić information content (AvgIpc) is 2.60. The zero-order valence-electron chi connectivity index (χ0n) is 14.9. The molecule has 0 aliphatic heterocycles. The van der Waals surface area contributed by atoms with E-state index >= 15 is 0 Å². The molecule has 2 aromatic carbocycles. The van der Waals surface area contributed by atoms with Crippen molar-refractivity contribution in [3.8, 4) is 6.07 Å². The van der Waals surface area contributed by atoms with Gasteiger partial charge in [-0.3, -0.25) is 4.79 Å². The van der Waals surface area contributed by atoms with E-state index in [-0.39, 0.29) is 22.1 Å². The first-order valence-corrected chi connectivity index (χ1v) is 8.59. The molecular formula is C20H16Cl2F3NO2. The molecule has 2 aromatic rings. The molecule has 1 atom stereocenters. The van der Waals surface area contributed by atoms with E-state index in [4.69, 9.17) is 38.4 Å². The highest BCUT2D eigenvalue weighted by atomic mass is 35.5. The largest absolute Gasteiger partial charge is 0.483 e. The minimum Gasteiger partial charge on any atom is -0.483 e. The third kappa shape index (κ3) is 6.29. The maximum atomic E-state index is 13.5. The Labute approximate surface area is 170 Å². The van der Waals surface area contributed by atoms with E-state index in [0.717, 1.165) is 11.6 Å². The van der Waals surface area contributed by atoms with Crippen LogP contribution < -0.4 is 0 Å². The summed E-state index contributed by atoms with van der Waals surface area (Å²) in [4.78, 5) is 8.36. The van der Waals surface area contributed by atoms with Crippen molar-refractivity contribution in [1.82, 2.24) is 0 Å². The third-order valence-corrected chi connectivity index (χ3v) is 4.70. The topological polar surface area (TPSA) is 61.1 Å². The lowest BCUT2D eigenvalue weighted by Gasteiger charge is -2.19. The Morgan fingerprint density at radius 2 is 1.75 bits per heavy atom. The molecule has 0 fully saturated rings. The van der Waals surface area contributed by atoms with Crippen LogP contribution in [-0.2, 0) is 4.79 Å². The van der Waals surface area contributed by atoms with Gasteiger partial charge in [-0.15, -0.1) is 0 Å². The maximum absolute atomic E-state index is 13.5. The fourth-order valence-corrected chi connectivity index (χ4v) is 2.80. The number of hydrogen-bond donors (Lipinski definition) is 1. The molecule has 0 aliphatic carbocycles. The maximum Gasteiger partial charge on any atom is 0.399 e. The summed E-state index contributed by atoms with van der Waals surface area (Å²) in [5.41, 5.74) is 2.22. The van der Waals surface area contributed by atoms with Gasteiger partial charge in [0.15, 0.2) is 0 Å². The van der Waals surface area contributed by atoms with Gasteiger partial charge in [0.05, 0.1) is 27.6 Å². The predicted octanol–water partition coefficient (Wildman–Crippen LogP) is 6.54. The number of carboxylic acid groups (broad SMARTS) is 1. The van der Waals surface area contributed by atoms with Crippen LogP contribution in [0.2, 0.25) is 10.0 Å². The molecule has 3 nitrogen and oxygen atoms in total. The summed E-state index contributed by atoms with van der Waals surface area (Å²) in [5.74, 6) is -1.83. The average molecular weight is 430 g/mol. The highest BCUT2D eigenvalue weighted by Gasteiger charge is 2.39. The summed E-state index contributed by atoms with van der Waals surface area (Å²) in [6.45, 7) is 3.12. The van der Waals surface area contributed by atoms with E-state index in [1.54, 1.807) is 32.0 Å². The molecule has 0 aromatic heterocycles. The predicted molar refractivity (Wildman–Crippen MR) is 104 cm³/mol. The Morgan fingerprint density at radius 1 is 1.14 bits per heavy atom. The standard InChI is InChI=1S/C19H14Cl2F3N.CH2O2/c1-11-3-4-13(8-15(11)10-25)5-6-16(19(22,23)24)14-7-12(2)18(21)17(20)9-14;2-1-3/h3-9,16H,1-2H3;1H,(H,2,3)/b6-5+;. The summed E-state index contributed by atoms with van der Waals surface area (Å²) in [5, 5.41) is 16.2. The van der Waals surface area contributed by atoms with Gasteiger partial charge < -0.3 is 5.11 Å². The second-order valence-corrected chi connectivity index (χ2v) is 6.59. The molecule has 1 N–H and O–H groups in total. The van der Waals surface area contributed by atoms with E-state index in [0.29, 0.717) is 16.7 Å². The van der Waals surface area contributed by atoms with Crippen LogP contribution in [0.15, 0.2) is 36.4 Å². The van der Waals surface area contributed by atoms with E-state index in [1.807, 2.05) is 6.07 Å². The van der Waals surface area contributed by atoms with Crippen molar-refractivity contribution in [2.45, 2.75) is 25.9 Å². The number of nitrogens with zero attached hydrogens (tertiary/aromatic N) is 1. The first-order valence-electron chi connectivity index (χ1n) is 7.84. The number of hydrogen-bond acceptors (Lipinski definition) is 2. The number of alkyl halides is 3. The van der Waals surface area contributed by atoms with Gasteiger partial charge in [-0.1, -0.05) is 53.6 Å². The Hall–Kier alpha value is -2.49. The van der Waals surface area contributed by atoms with Crippen molar-refractivity contribution in [2.24, 2.45) is 0 Å². The highest BCUT2D eigenvalue weighted by Crippen LogP contribution is 2.39. The van der Waals surface area contributed by atoms with Gasteiger partial charge >= 0.3 is 6.18 Å². The molecule has 0 bridgehead atoms. The van der Waals surface area contributed by atoms with Crippen molar-refractivity contribution in [3.05, 3.63) is 74.3 Å². The number of allylic oxidation sites excluding steroid dienone is 1. The summed E-state index contributed by atoms with van der Waals surface area (Å²) in [6.07, 6.45) is -2.07. The van der Waals surface area contributed by atoms with Crippen molar-refractivity contribution in [1.29, 1.82) is 5.26 Å². The van der Waals surface area contributed by atoms with Gasteiger partial charge in [-0.05, 0) is 48.2 Å². The number of aryl methyl sites for hydroxylation is 2. The lowest BCUT2D eigenvalue weighted by atomic mass is 9.95. The first-order chi connectivity index (χ1) is 13.0. The van der Waals surface area contributed by atoms with Crippen LogP contribution in [0.3, 0.4) is 0 Å². The van der Waals surface area contributed by atoms with Crippen LogP contribution in [0.5, 0.6) is 0 Å². The van der Waals surface area contributed by atoms with Crippen molar-refractivity contribution in [3.63, 3.8) is 0 Å². The molecule has 0 saturated carbocycles. The molecule has 28 heavy (non-hydrogen) atoms. The lowest BCUT2D eigenvalue weighted by molar-refractivity contribution is -0.139. The van der Waals surface area contributed by atoms with Crippen molar-refractivity contribution in [2.75, 3.05) is 0 Å². The number of carbonyl (C=O) groups is 1. The molecule has 0 spiro atoms. The SMILES string of the molecule is Cc1ccc(/C=C/C(c2cc(C)c(Cl)c(Cl)c2)C(F)(F)F)cc1C#N.O=CO. The van der Waals surface area contributed by atoms with Crippen LogP contribution in [0.4, 0.5) is 13.2 Å². The fraction of sp³-hybridized carbons (Fsp3) is 0.200. The second-order valence-electron chi connectivity index (χ2n) is 5.80. The molecule has 0 radical (unpaired) electrons. The minimum absolute atomic E-state index is 0.0169. The summed E-state index contributed by atoms with van der Waals surface area (Å²) >= 11 is 11.9. The Kier molecular flexibility index (Phi) is 8.55. The van der Waals surface area contributed by atoms with Crippen molar-refractivity contribution < 1.29 is 23.1 Å². The van der Waals surface area contributed by atoms with Crippen LogP contribution in [0.25, 0.3) is 6.08 Å². The van der Waals surface area contributed by atoms with E-state index in [2.05, 4.69) is 0 Å². The Morgan fingerprint density at radius 3 is 2.25 bits per heavy atom. The van der Waals surface area contributed by atoms with E-state index < -0.39 is 12.1 Å². The molecule has 0 aliphatic rings. The Balaban J connectivity index is 0.00000122.